The van der Waals surface area contributed by atoms with Gasteiger partial charge in [-0.1, -0.05) is 23.8 Å². The zero-order chi connectivity index (χ0) is 13.9. The first kappa shape index (κ1) is 13.3. The number of benzene rings is 1. The molecule has 0 radical (unpaired) electrons. The van der Waals surface area contributed by atoms with Crippen molar-refractivity contribution in [3.8, 4) is 11.4 Å². The lowest BCUT2D eigenvalue weighted by atomic mass is 9.87. The summed E-state index contributed by atoms with van der Waals surface area (Å²) in [4.78, 5) is 9.35. The molecule has 1 unspecified atom stereocenters. The molecular formula is C17H21N3. The van der Waals surface area contributed by atoms with Gasteiger partial charge in [-0.05, 0) is 57.3 Å². The zero-order valence-electron chi connectivity index (χ0n) is 12.2. The molecule has 3 heteroatoms. The van der Waals surface area contributed by atoms with Crippen molar-refractivity contribution in [3.63, 3.8) is 0 Å². The lowest BCUT2D eigenvalue weighted by Crippen LogP contribution is -2.25. The Bertz CT molecular complexity index is 607. The Morgan fingerprint density at radius 1 is 1.35 bits per heavy atom. The number of hydrogen-bond acceptors (Lipinski definition) is 3. The lowest BCUT2D eigenvalue weighted by Gasteiger charge is -2.23. The fourth-order valence-electron chi connectivity index (χ4n) is 2.97. The number of nitrogens with one attached hydrogen (secondary N) is 1. The van der Waals surface area contributed by atoms with Gasteiger partial charge in [0.2, 0.25) is 0 Å². The molecule has 0 saturated heterocycles. The topological polar surface area (TPSA) is 37.8 Å². The maximum absolute atomic E-state index is 4.79. The highest BCUT2D eigenvalue weighted by Crippen LogP contribution is 2.25. The molecule has 3 nitrogen and oxygen atoms in total. The largest absolute Gasteiger partial charge is 0.319 e. The first-order chi connectivity index (χ1) is 9.76. The highest BCUT2D eigenvalue weighted by atomic mass is 14.9. The number of hydrogen-bond donors (Lipinski definition) is 1. The minimum Gasteiger partial charge on any atom is -0.319 e. The summed E-state index contributed by atoms with van der Waals surface area (Å²) in [5.41, 5.74) is 4.93. The number of rotatable bonds is 3. The molecule has 20 heavy (non-hydrogen) atoms. The Morgan fingerprint density at radius 2 is 2.25 bits per heavy atom. The van der Waals surface area contributed by atoms with E-state index in [1.807, 2.05) is 13.2 Å². The molecule has 1 heterocycles. The van der Waals surface area contributed by atoms with Gasteiger partial charge in [-0.15, -0.1) is 0 Å². The van der Waals surface area contributed by atoms with Crippen molar-refractivity contribution in [2.24, 2.45) is 5.92 Å². The van der Waals surface area contributed by atoms with Crippen LogP contribution in [0.4, 0.5) is 0 Å². The second-order valence-electron chi connectivity index (χ2n) is 5.70. The second-order valence-corrected chi connectivity index (χ2v) is 5.70. The van der Waals surface area contributed by atoms with Crippen LogP contribution in [0.1, 0.15) is 23.2 Å². The summed E-state index contributed by atoms with van der Waals surface area (Å²) in [6.45, 7) is 3.18. The second kappa shape index (κ2) is 5.71. The van der Waals surface area contributed by atoms with Crippen LogP contribution >= 0.6 is 0 Å². The summed E-state index contributed by atoms with van der Waals surface area (Å²) < 4.78 is 0. The minimum atomic E-state index is 0.723. The molecule has 0 fully saturated rings. The first-order valence-corrected chi connectivity index (χ1v) is 7.32. The molecule has 1 aromatic carbocycles. The molecule has 104 valence electrons. The molecule has 2 aromatic rings. The third-order valence-corrected chi connectivity index (χ3v) is 4.02. The highest BCUT2D eigenvalue weighted by Gasteiger charge is 2.20. The molecule has 3 rings (SSSR count). The van der Waals surface area contributed by atoms with Crippen molar-refractivity contribution in [2.75, 3.05) is 13.6 Å². The van der Waals surface area contributed by atoms with E-state index >= 15 is 0 Å². The Balaban J connectivity index is 1.87. The van der Waals surface area contributed by atoms with Crippen LogP contribution in [0.5, 0.6) is 0 Å². The molecule has 0 aliphatic heterocycles. The van der Waals surface area contributed by atoms with Gasteiger partial charge in [-0.25, -0.2) is 9.97 Å². The van der Waals surface area contributed by atoms with Crippen LogP contribution in [0.15, 0.2) is 30.5 Å². The van der Waals surface area contributed by atoms with Gasteiger partial charge < -0.3 is 5.32 Å². The van der Waals surface area contributed by atoms with Gasteiger partial charge in [0, 0.05) is 17.5 Å². The van der Waals surface area contributed by atoms with Crippen LogP contribution < -0.4 is 5.32 Å². The van der Waals surface area contributed by atoms with Gasteiger partial charge in [-0.3, -0.25) is 0 Å². The lowest BCUT2D eigenvalue weighted by molar-refractivity contribution is 0.434. The highest BCUT2D eigenvalue weighted by molar-refractivity contribution is 5.56. The molecule has 1 aromatic heterocycles. The fraction of sp³-hybridized carbons (Fsp3) is 0.412. The van der Waals surface area contributed by atoms with Gasteiger partial charge in [0.25, 0.3) is 0 Å². The summed E-state index contributed by atoms with van der Waals surface area (Å²) in [6, 6.07) is 8.40. The van der Waals surface area contributed by atoms with Crippen molar-refractivity contribution < 1.29 is 0 Å². The first-order valence-electron chi connectivity index (χ1n) is 7.32. The van der Waals surface area contributed by atoms with E-state index in [1.54, 1.807) is 0 Å². The van der Waals surface area contributed by atoms with Crippen molar-refractivity contribution in [2.45, 2.75) is 26.2 Å². The molecule has 0 amide bonds. The third-order valence-electron chi connectivity index (χ3n) is 4.02. The molecule has 0 spiro atoms. The average Bonchev–Trinajstić information content (AvgIpc) is 2.47. The minimum absolute atomic E-state index is 0.723. The van der Waals surface area contributed by atoms with Gasteiger partial charge in [0.05, 0.1) is 0 Å². The summed E-state index contributed by atoms with van der Waals surface area (Å²) in [6.07, 6.45) is 5.42. The van der Waals surface area contributed by atoms with Crippen LogP contribution in [-0.2, 0) is 12.8 Å². The molecule has 1 aliphatic carbocycles. The summed E-state index contributed by atoms with van der Waals surface area (Å²) in [5, 5.41) is 3.27. The van der Waals surface area contributed by atoms with Crippen LogP contribution in [-0.4, -0.2) is 23.6 Å². The number of fused-ring (bicyclic) bond motifs is 1. The van der Waals surface area contributed by atoms with Crippen LogP contribution in [0.3, 0.4) is 0 Å². The zero-order valence-corrected chi connectivity index (χ0v) is 12.2. The van der Waals surface area contributed by atoms with Crippen LogP contribution in [0.2, 0.25) is 0 Å². The Kier molecular flexibility index (Phi) is 3.79. The third kappa shape index (κ3) is 2.73. The summed E-state index contributed by atoms with van der Waals surface area (Å²) >= 11 is 0. The van der Waals surface area contributed by atoms with Crippen molar-refractivity contribution >= 4 is 0 Å². The van der Waals surface area contributed by atoms with E-state index < -0.39 is 0 Å². The predicted molar refractivity (Wildman–Crippen MR) is 81.6 cm³/mol. The van der Waals surface area contributed by atoms with E-state index in [9.17, 15) is 0 Å². The predicted octanol–water partition coefficient (Wildman–Crippen LogP) is 2.78. The maximum atomic E-state index is 4.79. The van der Waals surface area contributed by atoms with Crippen molar-refractivity contribution in [1.29, 1.82) is 0 Å². The molecule has 1 atom stereocenters. The molecule has 0 bridgehead atoms. The van der Waals surface area contributed by atoms with E-state index in [2.05, 4.69) is 41.5 Å². The Hall–Kier alpha value is -1.74. The molecular weight excluding hydrogens is 246 g/mol. The fourth-order valence-corrected chi connectivity index (χ4v) is 2.97. The number of aryl methyl sites for hydroxylation is 2. The SMILES string of the molecule is CNCC1CCc2nc(-c3cccc(C)c3)ncc2C1. The van der Waals surface area contributed by atoms with Gasteiger partial charge in [0.15, 0.2) is 5.82 Å². The van der Waals surface area contributed by atoms with Crippen molar-refractivity contribution in [1.82, 2.24) is 15.3 Å². The normalized spacial score (nSPS) is 17.8. The Labute approximate surface area is 120 Å². The summed E-state index contributed by atoms with van der Waals surface area (Å²) in [5.74, 6) is 1.58. The smallest absolute Gasteiger partial charge is 0.159 e. The van der Waals surface area contributed by atoms with E-state index in [1.165, 1.54) is 23.2 Å². The van der Waals surface area contributed by atoms with E-state index in [4.69, 9.17) is 4.98 Å². The standard InChI is InChI=1S/C17H21N3/c1-12-4-3-5-14(8-12)17-19-11-15-9-13(10-18-2)6-7-16(15)20-17/h3-5,8,11,13,18H,6-7,9-10H2,1-2H3. The molecule has 1 aliphatic rings. The van der Waals surface area contributed by atoms with Crippen LogP contribution in [0, 0.1) is 12.8 Å². The van der Waals surface area contributed by atoms with E-state index in [0.717, 1.165) is 36.7 Å². The van der Waals surface area contributed by atoms with Gasteiger partial charge in [0.1, 0.15) is 0 Å². The molecule has 0 saturated carbocycles. The van der Waals surface area contributed by atoms with Crippen LogP contribution in [0.25, 0.3) is 11.4 Å². The quantitative estimate of drug-likeness (QED) is 0.929. The van der Waals surface area contributed by atoms with E-state index in [-0.39, 0.29) is 0 Å². The Morgan fingerprint density at radius 3 is 3.05 bits per heavy atom. The number of nitrogens with zero attached hydrogens (tertiary/aromatic N) is 2. The van der Waals surface area contributed by atoms with E-state index in [0.29, 0.717) is 0 Å². The van der Waals surface area contributed by atoms with Crippen molar-refractivity contribution in [3.05, 3.63) is 47.3 Å². The maximum Gasteiger partial charge on any atom is 0.159 e. The summed E-state index contributed by atoms with van der Waals surface area (Å²) in [7, 11) is 2.02. The molecule has 1 N–H and O–H groups in total. The monoisotopic (exact) mass is 267 g/mol. The van der Waals surface area contributed by atoms with Gasteiger partial charge in [-0.2, -0.15) is 0 Å². The number of aromatic nitrogens is 2. The van der Waals surface area contributed by atoms with Gasteiger partial charge >= 0.3 is 0 Å². The average molecular weight is 267 g/mol.